The molecule has 6 nitrogen and oxygen atoms in total. The molecule has 0 aliphatic carbocycles. The van der Waals surface area contributed by atoms with Crippen LogP contribution in [-0.4, -0.2) is 12.6 Å². The molecule has 0 fully saturated rings. The van der Waals surface area contributed by atoms with Crippen molar-refractivity contribution < 1.29 is 19.0 Å². The van der Waals surface area contributed by atoms with E-state index >= 15 is 0 Å². The Morgan fingerprint density at radius 3 is 2.61 bits per heavy atom. The Morgan fingerprint density at radius 2 is 1.74 bits per heavy atom. The van der Waals surface area contributed by atoms with Gasteiger partial charge in [-0.25, -0.2) is 0 Å². The molecule has 1 unspecified atom stereocenters. The number of nitrogens with one attached hydrogen (secondary N) is 2. The molecular weight excluding hydrogens is 296 g/mol. The van der Waals surface area contributed by atoms with Crippen LogP contribution in [0.15, 0.2) is 54.0 Å². The number of hydrogen-bond donors (Lipinski definition) is 2. The summed E-state index contributed by atoms with van der Waals surface area (Å²) in [6.45, 7) is 0.200. The summed E-state index contributed by atoms with van der Waals surface area (Å²) in [6.07, 6.45) is -0.691. The summed E-state index contributed by atoms with van der Waals surface area (Å²) in [5.74, 6) is 1.66. The Hall–Kier alpha value is -3.15. The molecule has 0 amide bonds. The minimum Gasteiger partial charge on any atom is -0.461 e. The Balaban J connectivity index is 1.47. The zero-order chi connectivity index (χ0) is 15.4. The van der Waals surface area contributed by atoms with Crippen molar-refractivity contribution >= 4 is 17.2 Å². The normalized spacial score (nSPS) is 20.3. The molecule has 0 aromatic heterocycles. The maximum Gasteiger partial charge on any atom is 0.231 e. The van der Waals surface area contributed by atoms with Gasteiger partial charge in [0, 0.05) is 5.56 Å². The number of ketones is 1. The van der Waals surface area contributed by atoms with Crippen LogP contribution in [0.25, 0.3) is 0 Å². The number of hydrogen-bond acceptors (Lipinski definition) is 6. The molecule has 114 valence electrons. The van der Waals surface area contributed by atoms with Crippen molar-refractivity contribution in [3.05, 3.63) is 59.6 Å². The maximum atomic E-state index is 12.7. The van der Waals surface area contributed by atoms with Crippen LogP contribution < -0.4 is 20.1 Å². The fraction of sp³-hybridized carbons (Fsp3) is 0.118. The first kappa shape index (κ1) is 12.4. The van der Waals surface area contributed by atoms with Crippen molar-refractivity contribution in [2.75, 3.05) is 17.4 Å². The predicted molar refractivity (Wildman–Crippen MR) is 82.1 cm³/mol. The van der Waals surface area contributed by atoms with E-state index in [-0.39, 0.29) is 12.6 Å². The third-order valence-corrected chi connectivity index (χ3v) is 4.08. The second kappa shape index (κ2) is 4.42. The lowest BCUT2D eigenvalue weighted by Crippen LogP contribution is -2.17. The lowest BCUT2D eigenvalue weighted by molar-refractivity contribution is -0.121. The number of carbonyl (C=O) groups excluding carboxylic acids is 1. The molecule has 3 aliphatic rings. The summed E-state index contributed by atoms with van der Waals surface area (Å²) < 4.78 is 16.5. The molecule has 6 heteroatoms. The van der Waals surface area contributed by atoms with Crippen molar-refractivity contribution in [2.45, 2.75) is 6.10 Å². The highest BCUT2D eigenvalue weighted by molar-refractivity contribution is 6.06. The van der Waals surface area contributed by atoms with Gasteiger partial charge in [0.15, 0.2) is 17.6 Å². The van der Waals surface area contributed by atoms with E-state index in [9.17, 15) is 4.79 Å². The summed E-state index contributed by atoms with van der Waals surface area (Å²) in [6, 6.07) is 13.1. The van der Waals surface area contributed by atoms with Crippen LogP contribution in [0.3, 0.4) is 0 Å². The number of benzene rings is 2. The molecule has 0 bridgehead atoms. The molecule has 0 saturated heterocycles. The van der Waals surface area contributed by atoms with Gasteiger partial charge in [-0.15, -0.1) is 0 Å². The molecule has 0 spiro atoms. The van der Waals surface area contributed by atoms with E-state index in [2.05, 4.69) is 10.6 Å². The summed E-state index contributed by atoms with van der Waals surface area (Å²) in [7, 11) is 0. The number of Topliss-reactive ketones (excluding diaryl/α,β-unsaturated/α-hetero) is 1. The highest BCUT2D eigenvalue weighted by atomic mass is 16.7. The van der Waals surface area contributed by atoms with E-state index in [1.165, 1.54) is 0 Å². The number of fused-ring (bicyclic) bond motifs is 2. The number of para-hydroxylation sites is 2. The molecule has 3 aliphatic heterocycles. The van der Waals surface area contributed by atoms with Gasteiger partial charge in [-0.1, -0.05) is 18.2 Å². The van der Waals surface area contributed by atoms with Gasteiger partial charge in [0.1, 0.15) is 5.70 Å². The van der Waals surface area contributed by atoms with Gasteiger partial charge >= 0.3 is 0 Å². The van der Waals surface area contributed by atoms with Crippen molar-refractivity contribution in [1.82, 2.24) is 0 Å². The van der Waals surface area contributed by atoms with Crippen LogP contribution >= 0.6 is 0 Å². The minimum absolute atomic E-state index is 0.110. The lowest BCUT2D eigenvalue weighted by Gasteiger charge is -2.19. The Bertz CT molecular complexity index is 875. The van der Waals surface area contributed by atoms with Crippen molar-refractivity contribution in [2.24, 2.45) is 0 Å². The zero-order valence-electron chi connectivity index (χ0n) is 12.0. The van der Waals surface area contributed by atoms with Crippen LogP contribution in [0, 0.1) is 0 Å². The van der Waals surface area contributed by atoms with Gasteiger partial charge in [-0.2, -0.15) is 0 Å². The van der Waals surface area contributed by atoms with Crippen molar-refractivity contribution in [3.63, 3.8) is 0 Å². The zero-order valence-corrected chi connectivity index (χ0v) is 12.0. The van der Waals surface area contributed by atoms with Gasteiger partial charge < -0.3 is 24.8 Å². The number of anilines is 2. The van der Waals surface area contributed by atoms with Crippen LogP contribution in [0.1, 0.15) is 11.7 Å². The van der Waals surface area contributed by atoms with E-state index in [1.54, 1.807) is 12.1 Å². The van der Waals surface area contributed by atoms with Gasteiger partial charge in [-0.05, 0) is 24.3 Å². The fourth-order valence-electron chi connectivity index (χ4n) is 2.94. The molecule has 2 aromatic rings. The third-order valence-electron chi connectivity index (χ3n) is 4.08. The average molecular weight is 308 g/mol. The van der Waals surface area contributed by atoms with Crippen LogP contribution in [0.2, 0.25) is 0 Å². The summed E-state index contributed by atoms with van der Waals surface area (Å²) in [5.41, 5.74) is 2.92. The molecule has 0 saturated carbocycles. The molecule has 0 radical (unpaired) electrons. The second-order valence-electron chi connectivity index (χ2n) is 5.47. The maximum absolute atomic E-state index is 12.7. The number of rotatable bonds is 1. The number of carbonyl (C=O) groups is 1. The molecule has 23 heavy (non-hydrogen) atoms. The SMILES string of the molecule is O=C1C2=C(Nc3ccccc3N2)OC1c1ccc2c(c1)OCO2. The highest BCUT2D eigenvalue weighted by Crippen LogP contribution is 2.41. The van der Waals surface area contributed by atoms with E-state index in [1.807, 2.05) is 30.3 Å². The van der Waals surface area contributed by atoms with Crippen LogP contribution in [-0.2, 0) is 9.53 Å². The highest BCUT2D eigenvalue weighted by Gasteiger charge is 2.39. The first-order valence-electron chi connectivity index (χ1n) is 7.27. The summed E-state index contributed by atoms with van der Waals surface area (Å²) >= 11 is 0. The minimum atomic E-state index is -0.691. The first-order chi connectivity index (χ1) is 11.3. The molecule has 1 atom stereocenters. The smallest absolute Gasteiger partial charge is 0.231 e. The number of ether oxygens (including phenoxy) is 3. The average Bonchev–Trinajstić information content (AvgIpc) is 3.17. The van der Waals surface area contributed by atoms with Gasteiger partial charge in [-0.3, -0.25) is 4.79 Å². The van der Waals surface area contributed by atoms with E-state index < -0.39 is 6.10 Å². The van der Waals surface area contributed by atoms with E-state index in [0.29, 0.717) is 23.1 Å². The Labute approximate surface area is 131 Å². The van der Waals surface area contributed by atoms with Crippen molar-refractivity contribution in [3.8, 4) is 11.5 Å². The predicted octanol–water partition coefficient (Wildman–Crippen LogP) is 2.76. The van der Waals surface area contributed by atoms with Gasteiger partial charge in [0.2, 0.25) is 18.5 Å². The van der Waals surface area contributed by atoms with Gasteiger partial charge in [0.05, 0.1) is 11.4 Å². The molecular formula is C17H12N2O4. The molecule has 2 N–H and O–H groups in total. The van der Waals surface area contributed by atoms with Crippen LogP contribution in [0.4, 0.5) is 11.4 Å². The largest absolute Gasteiger partial charge is 0.461 e. The molecule has 5 rings (SSSR count). The molecule has 3 heterocycles. The summed E-state index contributed by atoms with van der Waals surface area (Å²) in [5, 5.41) is 6.31. The first-order valence-corrected chi connectivity index (χ1v) is 7.27. The molecule has 2 aromatic carbocycles. The third kappa shape index (κ3) is 1.78. The van der Waals surface area contributed by atoms with Gasteiger partial charge in [0.25, 0.3) is 0 Å². The second-order valence-corrected chi connectivity index (χ2v) is 5.47. The van der Waals surface area contributed by atoms with Crippen LogP contribution in [0.5, 0.6) is 11.5 Å². The van der Waals surface area contributed by atoms with E-state index in [4.69, 9.17) is 14.2 Å². The Morgan fingerprint density at radius 1 is 0.957 bits per heavy atom. The lowest BCUT2D eigenvalue weighted by atomic mass is 10.0. The standard InChI is InChI=1S/C17H12N2O4/c20-15-14-17(19-11-4-2-1-3-10(11)18-14)23-16(15)9-5-6-12-13(7-9)22-8-21-12/h1-7,16,18-19H,8H2. The summed E-state index contributed by atoms with van der Waals surface area (Å²) in [4.78, 5) is 12.7. The van der Waals surface area contributed by atoms with E-state index in [0.717, 1.165) is 16.9 Å². The fourth-order valence-corrected chi connectivity index (χ4v) is 2.94. The Kier molecular flexibility index (Phi) is 2.38. The monoisotopic (exact) mass is 308 g/mol. The quantitative estimate of drug-likeness (QED) is 0.844. The topological polar surface area (TPSA) is 68.8 Å². The van der Waals surface area contributed by atoms with Crippen molar-refractivity contribution in [1.29, 1.82) is 0 Å².